The van der Waals surface area contributed by atoms with Crippen LogP contribution in [-0.2, 0) is 14.4 Å². The van der Waals surface area contributed by atoms with Crippen molar-refractivity contribution in [2.24, 2.45) is 5.10 Å². The maximum atomic E-state index is 12.1. The molecule has 3 rings (SSSR count). The first-order chi connectivity index (χ1) is 17.0. The first-order valence-electron chi connectivity index (χ1n) is 11.4. The van der Waals surface area contributed by atoms with Crippen molar-refractivity contribution >= 4 is 29.6 Å². The molecule has 3 amide bonds. The highest BCUT2D eigenvalue weighted by molar-refractivity contribution is 6.39. The molecule has 2 aromatic carbocycles. The quantitative estimate of drug-likeness (QED) is 0.286. The van der Waals surface area contributed by atoms with Crippen molar-refractivity contribution in [1.82, 2.24) is 10.7 Å². The fourth-order valence-corrected chi connectivity index (χ4v) is 3.61. The molecule has 35 heavy (non-hydrogen) atoms. The first-order valence-corrected chi connectivity index (χ1v) is 11.4. The second-order valence-electron chi connectivity index (χ2n) is 7.98. The lowest BCUT2D eigenvalue weighted by atomic mass is 9.95. The molecule has 0 unspecified atom stereocenters. The number of nitrogens with zero attached hydrogens (tertiary/aromatic N) is 1. The molecule has 0 saturated heterocycles. The van der Waals surface area contributed by atoms with Crippen LogP contribution in [0.2, 0.25) is 0 Å². The summed E-state index contributed by atoms with van der Waals surface area (Å²) in [6, 6.07) is 11.8. The minimum atomic E-state index is -0.942. The number of benzene rings is 2. The van der Waals surface area contributed by atoms with Crippen molar-refractivity contribution in [1.29, 1.82) is 0 Å². The molecule has 3 N–H and O–H groups in total. The maximum absolute atomic E-state index is 12.1. The number of amides is 3. The van der Waals surface area contributed by atoms with Gasteiger partial charge in [-0.3, -0.25) is 14.4 Å². The molecule has 0 atom stereocenters. The highest BCUT2D eigenvalue weighted by Gasteiger charge is 2.17. The fraction of sp³-hybridized carbons (Fsp3) is 0.360. The summed E-state index contributed by atoms with van der Waals surface area (Å²) >= 11 is 0. The topological polar surface area (TPSA) is 127 Å². The van der Waals surface area contributed by atoms with Gasteiger partial charge in [-0.05, 0) is 54.8 Å². The van der Waals surface area contributed by atoms with Gasteiger partial charge in [0.25, 0.3) is 5.91 Å². The van der Waals surface area contributed by atoms with E-state index in [2.05, 4.69) is 21.2 Å². The van der Waals surface area contributed by atoms with Crippen LogP contribution in [0.25, 0.3) is 0 Å². The summed E-state index contributed by atoms with van der Waals surface area (Å²) in [5, 5.41) is 9.27. The van der Waals surface area contributed by atoms with E-state index in [0.717, 1.165) is 25.7 Å². The van der Waals surface area contributed by atoms with E-state index < -0.39 is 11.8 Å². The number of carbonyl (C=O) groups is 3. The van der Waals surface area contributed by atoms with Crippen LogP contribution in [0.1, 0.15) is 37.7 Å². The van der Waals surface area contributed by atoms with E-state index in [-0.39, 0.29) is 18.6 Å². The Kier molecular flexibility index (Phi) is 9.47. The molecular weight excluding hydrogens is 452 g/mol. The van der Waals surface area contributed by atoms with Crippen molar-refractivity contribution in [3.05, 3.63) is 48.0 Å². The molecule has 1 fully saturated rings. The lowest BCUT2D eigenvalue weighted by Crippen LogP contribution is -2.38. The average Bonchev–Trinajstić information content (AvgIpc) is 2.89. The van der Waals surface area contributed by atoms with E-state index in [1.807, 2.05) is 0 Å². The second-order valence-corrected chi connectivity index (χ2v) is 7.98. The van der Waals surface area contributed by atoms with E-state index >= 15 is 0 Å². The van der Waals surface area contributed by atoms with Crippen molar-refractivity contribution in [3.8, 4) is 17.2 Å². The summed E-state index contributed by atoms with van der Waals surface area (Å²) < 4.78 is 15.8. The molecule has 10 heteroatoms. The summed E-state index contributed by atoms with van der Waals surface area (Å²) in [7, 11) is 2.95. The Morgan fingerprint density at radius 2 is 1.66 bits per heavy atom. The number of carbonyl (C=O) groups excluding carboxylic acids is 3. The first kappa shape index (κ1) is 25.5. The minimum absolute atomic E-state index is 0.0475. The van der Waals surface area contributed by atoms with Gasteiger partial charge in [0.05, 0.1) is 26.1 Å². The Bertz CT molecular complexity index is 1050. The number of ether oxygens (including phenoxy) is 3. The summed E-state index contributed by atoms with van der Waals surface area (Å²) in [5.41, 5.74) is 3.16. The third-order valence-electron chi connectivity index (χ3n) is 5.46. The van der Waals surface area contributed by atoms with Crippen LogP contribution in [0.5, 0.6) is 17.2 Å². The van der Waals surface area contributed by atoms with Gasteiger partial charge in [0.1, 0.15) is 17.2 Å². The molecule has 0 aliphatic heterocycles. The second kappa shape index (κ2) is 13.0. The van der Waals surface area contributed by atoms with Crippen molar-refractivity contribution in [2.75, 3.05) is 26.1 Å². The number of methoxy groups -OCH3 is 2. The Morgan fingerprint density at radius 3 is 2.34 bits per heavy atom. The molecule has 0 spiro atoms. The van der Waals surface area contributed by atoms with Gasteiger partial charge < -0.3 is 24.8 Å². The fourth-order valence-electron chi connectivity index (χ4n) is 3.61. The molecule has 1 aliphatic carbocycles. The van der Waals surface area contributed by atoms with Crippen LogP contribution in [-0.4, -0.2) is 50.8 Å². The Balaban J connectivity index is 1.43. The molecule has 0 radical (unpaired) electrons. The molecule has 2 aromatic rings. The summed E-state index contributed by atoms with van der Waals surface area (Å²) in [4.78, 5) is 36.2. The highest BCUT2D eigenvalue weighted by Crippen LogP contribution is 2.28. The Hall–Kier alpha value is -4.08. The smallest absolute Gasteiger partial charge is 0.329 e. The molecule has 1 saturated carbocycles. The predicted molar refractivity (Wildman–Crippen MR) is 131 cm³/mol. The number of hydrogen-bond acceptors (Lipinski definition) is 7. The van der Waals surface area contributed by atoms with Gasteiger partial charge >= 0.3 is 11.8 Å². The normalized spacial score (nSPS) is 13.7. The number of nitrogens with one attached hydrogen (secondary N) is 3. The van der Waals surface area contributed by atoms with Crippen molar-refractivity contribution in [2.45, 2.75) is 38.1 Å². The zero-order valence-corrected chi connectivity index (χ0v) is 19.8. The molecular formula is C25H30N4O6. The predicted octanol–water partition coefficient (Wildman–Crippen LogP) is 2.62. The van der Waals surface area contributed by atoms with E-state index in [4.69, 9.17) is 14.2 Å². The maximum Gasteiger partial charge on any atom is 0.329 e. The van der Waals surface area contributed by atoms with Crippen LogP contribution < -0.4 is 30.3 Å². The zero-order chi connectivity index (χ0) is 25.0. The van der Waals surface area contributed by atoms with Gasteiger partial charge in [-0.25, -0.2) is 5.43 Å². The molecule has 0 bridgehead atoms. The zero-order valence-electron chi connectivity index (χ0n) is 19.8. The van der Waals surface area contributed by atoms with Crippen LogP contribution in [0.15, 0.2) is 47.6 Å². The van der Waals surface area contributed by atoms with E-state index in [1.54, 1.807) is 42.5 Å². The van der Waals surface area contributed by atoms with Gasteiger partial charge in [-0.2, -0.15) is 5.10 Å². The van der Waals surface area contributed by atoms with E-state index in [0.29, 0.717) is 28.5 Å². The lowest BCUT2D eigenvalue weighted by molar-refractivity contribution is -0.136. The Morgan fingerprint density at radius 1 is 0.943 bits per heavy atom. The highest BCUT2D eigenvalue weighted by atomic mass is 16.5. The standard InChI is InChI=1S/C25H30N4O6/c1-33-20-12-13-21(22(14-20)34-2)28-24(31)25(32)29-26-15-17-8-10-19(11-9-17)35-16-23(30)27-18-6-4-3-5-7-18/h8-15,18H,3-7,16H2,1-2H3,(H,27,30)(H,28,31)(H,29,32)/b26-15+. The van der Waals surface area contributed by atoms with Gasteiger partial charge in [0, 0.05) is 12.1 Å². The Labute approximate surface area is 204 Å². The third kappa shape index (κ3) is 8.02. The third-order valence-corrected chi connectivity index (χ3v) is 5.46. The largest absolute Gasteiger partial charge is 0.497 e. The number of hydrazone groups is 1. The van der Waals surface area contributed by atoms with Crippen molar-refractivity contribution in [3.63, 3.8) is 0 Å². The van der Waals surface area contributed by atoms with Crippen LogP contribution in [0, 0.1) is 0 Å². The lowest BCUT2D eigenvalue weighted by Gasteiger charge is -2.22. The molecule has 1 aliphatic rings. The summed E-state index contributed by atoms with van der Waals surface area (Å²) in [6.45, 7) is -0.0475. The molecule has 10 nitrogen and oxygen atoms in total. The van der Waals surface area contributed by atoms with Crippen molar-refractivity contribution < 1.29 is 28.6 Å². The van der Waals surface area contributed by atoms with Crippen LogP contribution in [0.3, 0.4) is 0 Å². The number of hydrogen-bond donors (Lipinski definition) is 3. The number of anilines is 1. The monoisotopic (exact) mass is 482 g/mol. The molecule has 186 valence electrons. The van der Waals surface area contributed by atoms with Crippen LogP contribution in [0.4, 0.5) is 5.69 Å². The SMILES string of the molecule is COc1ccc(NC(=O)C(=O)N/N=C/c2ccc(OCC(=O)NC3CCCCC3)cc2)c(OC)c1. The van der Waals surface area contributed by atoms with Gasteiger partial charge in [0.2, 0.25) is 0 Å². The van der Waals surface area contributed by atoms with Gasteiger partial charge in [0.15, 0.2) is 6.61 Å². The molecule has 0 heterocycles. The summed E-state index contributed by atoms with van der Waals surface area (Å²) in [6.07, 6.45) is 6.96. The van der Waals surface area contributed by atoms with Gasteiger partial charge in [-0.15, -0.1) is 0 Å². The summed E-state index contributed by atoms with van der Waals surface area (Å²) in [5.74, 6) is -0.534. The number of rotatable bonds is 9. The van der Waals surface area contributed by atoms with E-state index in [1.165, 1.54) is 26.9 Å². The van der Waals surface area contributed by atoms with E-state index in [9.17, 15) is 14.4 Å². The minimum Gasteiger partial charge on any atom is -0.497 e. The van der Waals surface area contributed by atoms with Gasteiger partial charge in [-0.1, -0.05) is 19.3 Å². The average molecular weight is 483 g/mol. The van der Waals surface area contributed by atoms with Crippen LogP contribution >= 0.6 is 0 Å². The molecule has 0 aromatic heterocycles.